The van der Waals surface area contributed by atoms with Gasteiger partial charge in [-0.2, -0.15) is 11.8 Å². The van der Waals surface area contributed by atoms with Crippen LogP contribution in [0.2, 0.25) is 5.15 Å². The lowest BCUT2D eigenvalue weighted by molar-refractivity contribution is 0.677. The van der Waals surface area contributed by atoms with Gasteiger partial charge in [0.2, 0.25) is 0 Å². The van der Waals surface area contributed by atoms with E-state index in [1.54, 1.807) is 12.4 Å². The molecule has 1 fully saturated rings. The van der Waals surface area contributed by atoms with Gasteiger partial charge in [0.25, 0.3) is 0 Å². The summed E-state index contributed by atoms with van der Waals surface area (Å²) < 4.78 is 0. The van der Waals surface area contributed by atoms with Gasteiger partial charge in [-0.3, -0.25) is 4.98 Å². The summed E-state index contributed by atoms with van der Waals surface area (Å²) in [5, 5.41) is 4.43. The van der Waals surface area contributed by atoms with Gasteiger partial charge in [0.15, 0.2) is 0 Å². The van der Waals surface area contributed by atoms with Crippen molar-refractivity contribution in [2.75, 3.05) is 17.6 Å². The van der Waals surface area contributed by atoms with Crippen molar-refractivity contribution in [2.24, 2.45) is 0 Å². The molecular weight excluding hydrogens is 230 g/mol. The van der Waals surface area contributed by atoms with Crippen molar-refractivity contribution in [1.29, 1.82) is 0 Å². The van der Waals surface area contributed by atoms with Crippen LogP contribution in [0.5, 0.6) is 0 Å². The first-order valence-electron chi connectivity index (χ1n) is 5.17. The molecule has 3 nitrogen and oxygen atoms in total. The molecule has 1 N–H and O–H groups in total. The van der Waals surface area contributed by atoms with Crippen LogP contribution in [0.1, 0.15) is 19.3 Å². The molecule has 1 aromatic heterocycles. The van der Waals surface area contributed by atoms with E-state index < -0.39 is 0 Å². The average molecular weight is 244 g/mol. The van der Waals surface area contributed by atoms with E-state index in [0.717, 1.165) is 12.4 Å². The lowest BCUT2D eigenvalue weighted by Gasteiger charge is -2.21. The van der Waals surface area contributed by atoms with Crippen molar-refractivity contribution < 1.29 is 0 Å². The van der Waals surface area contributed by atoms with Gasteiger partial charge in [-0.25, -0.2) is 4.98 Å². The molecule has 1 atom stereocenters. The lowest BCUT2D eigenvalue weighted by atomic mass is 10.2. The molecule has 2 rings (SSSR count). The Morgan fingerprint density at radius 3 is 3.13 bits per heavy atom. The Balaban J connectivity index is 1.81. The van der Waals surface area contributed by atoms with Gasteiger partial charge >= 0.3 is 0 Å². The van der Waals surface area contributed by atoms with Gasteiger partial charge in [-0.05, 0) is 18.6 Å². The summed E-state index contributed by atoms with van der Waals surface area (Å²) in [5.41, 5.74) is 0. The summed E-state index contributed by atoms with van der Waals surface area (Å²) in [5.74, 6) is 2.06. The van der Waals surface area contributed by atoms with Crippen molar-refractivity contribution in [2.45, 2.75) is 24.5 Å². The monoisotopic (exact) mass is 243 g/mol. The summed E-state index contributed by atoms with van der Waals surface area (Å²) in [6, 6.07) is 0. The fourth-order valence-electron chi connectivity index (χ4n) is 1.61. The number of rotatable bonds is 3. The molecule has 0 radical (unpaired) electrons. The largest absolute Gasteiger partial charge is 0.368 e. The summed E-state index contributed by atoms with van der Waals surface area (Å²) >= 11 is 7.79. The Hall–Kier alpha value is -0.480. The highest BCUT2D eigenvalue weighted by atomic mass is 35.5. The third-order valence-electron chi connectivity index (χ3n) is 2.39. The zero-order valence-corrected chi connectivity index (χ0v) is 10.0. The summed E-state index contributed by atoms with van der Waals surface area (Å²) in [4.78, 5) is 8.12. The maximum Gasteiger partial charge on any atom is 0.149 e. The number of hydrogen-bond donors (Lipinski definition) is 1. The number of nitrogens with one attached hydrogen (secondary N) is 1. The number of nitrogens with zero attached hydrogens (tertiary/aromatic N) is 2. The lowest BCUT2D eigenvalue weighted by Crippen LogP contribution is -2.20. The molecule has 1 aliphatic rings. The van der Waals surface area contributed by atoms with E-state index in [9.17, 15) is 0 Å². The standard InChI is InChI=1S/C10H14ClN3S/c11-9-6-12-7-10(14-9)13-5-8-3-1-2-4-15-8/h6-8H,1-5H2,(H,13,14). The number of aromatic nitrogens is 2. The Bertz CT molecular complexity index is 315. The van der Waals surface area contributed by atoms with E-state index in [1.807, 2.05) is 11.8 Å². The van der Waals surface area contributed by atoms with Crippen LogP contribution in [0.15, 0.2) is 12.4 Å². The molecule has 15 heavy (non-hydrogen) atoms. The molecule has 1 aromatic rings. The molecule has 0 spiro atoms. The van der Waals surface area contributed by atoms with Crippen LogP contribution in [0.25, 0.3) is 0 Å². The highest BCUT2D eigenvalue weighted by Crippen LogP contribution is 2.25. The summed E-state index contributed by atoms with van der Waals surface area (Å²) in [7, 11) is 0. The fourth-order valence-corrected chi connectivity index (χ4v) is 3.00. The Morgan fingerprint density at radius 2 is 2.40 bits per heavy atom. The first-order valence-corrected chi connectivity index (χ1v) is 6.60. The molecule has 1 unspecified atom stereocenters. The van der Waals surface area contributed by atoms with E-state index in [2.05, 4.69) is 15.3 Å². The molecular formula is C10H14ClN3S. The van der Waals surface area contributed by atoms with Crippen molar-refractivity contribution in [1.82, 2.24) is 9.97 Å². The normalized spacial score (nSPS) is 21.3. The van der Waals surface area contributed by atoms with Gasteiger partial charge in [0.05, 0.1) is 12.4 Å². The van der Waals surface area contributed by atoms with Crippen LogP contribution in [0, 0.1) is 0 Å². The molecule has 82 valence electrons. The first-order chi connectivity index (χ1) is 7.34. The molecule has 2 heterocycles. The fraction of sp³-hybridized carbons (Fsp3) is 0.600. The second-order valence-electron chi connectivity index (χ2n) is 3.60. The maximum absolute atomic E-state index is 5.75. The van der Waals surface area contributed by atoms with Crippen LogP contribution in [0.4, 0.5) is 5.82 Å². The minimum absolute atomic E-state index is 0.441. The number of halogens is 1. The Morgan fingerprint density at radius 1 is 1.47 bits per heavy atom. The van der Waals surface area contributed by atoms with E-state index >= 15 is 0 Å². The Kier molecular flexibility index (Phi) is 4.09. The van der Waals surface area contributed by atoms with Crippen LogP contribution in [-0.4, -0.2) is 27.5 Å². The number of hydrogen-bond acceptors (Lipinski definition) is 4. The minimum Gasteiger partial charge on any atom is -0.368 e. The van der Waals surface area contributed by atoms with Gasteiger partial charge in [-0.15, -0.1) is 0 Å². The third-order valence-corrected chi connectivity index (χ3v) is 3.97. The minimum atomic E-state index is 0.441. The zero-order chi connectivity index (χ0) is 10.5. The molecule has 0 amide bonds. The first kappa shape index (κ1) is 11.0. The van der Waals surface area contributed by atoms with E-state index in [-0.39, 0.29) is 0 Å². The van der Waals surface area contributed by atoms with Crippen LogP contribution >= 0.6 is 23.4 Å². The van der Waals surface area contributed by atoms with Gasteiger partial charge < -0.3 is 5.32 Å². The molecule has 1 aliphatic heterocycles. The number of anilines is 1. The van der Waals surface area contributed by atoms with E-state index in [4.69, 9.17) is 11.6 Å². The van der Waals surface area contributed by atoms with E-state index in [1.165, 1.54) is 25.0 Å². The SMILES string of the molecule is Clc1cncc(NCC2CCCCS2)n1. The van der Waals surface area contributed by atoms with E-state index in [0.29, 0.717) is 10.4 Å². The third kappa shape index (κ3) is 3.54. The van der Waals surface area contributed by atoms with Crippen LogP contribution in [0.3, 0.4) is 0 Å². The molecule has 0 bridgehead atoms. The number of thioether (sulfide) groups is 1. The van der Waals surface area contributed by atoms with Crippen molar-refractivity contribution >= 4 is 29.2 Å². The predicted molar refractivity (Wildman–Crippen MR) is 65.6 cm³/mol. The Labute approximate surface area is 99.0 Å². The highest BCUT2D eigenvalue weighted by molar-refractivity contribution is 7.99. The molecule has 0 saturated carbocycles. The second-order valence-corrected chi connectivity index (χ2v) is 5.39. The van der Waals surface area contributed by atoms with Gasteiger partial charge in [-0.1, -0.05) is 18.0 Å². The topological polar surface area (TPSA) is 37.8 Å². The van der Waals surface area contributed by atoms with Crippen molar-refractivity contribution in [3.63, 3.8) is 0 Å². The molecule has 5 heteroatoms. The van der Waals surface area contributed by atoms with Crippen LogP contribution in [-0.2, 0) is 0 Å². The smallest absolute Gasteiger partial charge is 0.149 e. The zero-order valence-electron chi connectivity index (χ0n) is 8.45. The maximum atomic E-state index is 5.75. The molecule has 1 saturated heterocycles. The van der Waals surface area contributed by atoms with Crippen molar-refractivity contribution in [3.05, 3.63) is 17.5 Å². The van der Waals surface area contributed by atoms with Crippen LogP contribution < -0.4 is 5.32 Å². The van der Waals surface area contributed by atoms with Gasteiger partial charge in [0.1, 0.15) is 11.0 Å². The van der Waals surface area contributed by atoms with Gasteiger partial charge in [0, 0.05) is 11.8 Å². The molecule has 0 aliphatic carbocycles. The van der Waals surface area contributed by atoms with Crippen molar-refractivity contribution in [3.8, 4) is 0 Å². The summed E-state index contributed by atoms with van der Waals surface area (Å²) in [6.07, 6.45) is 7.26. The second kappa shape index (κ2) is 5.56. The predicted octanol–water partition coefficient (Wildman–Crippen LogP) is 2.83. The average Bonchev–Trinajstić information content (AvgIpc) is 2.28. The molecule has 0 aromatic carbocycles. The quantitative estimate of drug-likeness (QED) is 0.886. The highest BCUT2D eigenvalue weighted by Gasteiger charge is 2.13. The summed E-state index contributed by atoms with van der Waals surface area (Å²) in [6.45, 7) is 0.958.